The van der Waals surface area contributed by atoms with E-state index in [-0.39, 0.29) is 0 Å². The van der Waals surface area contributed by atoms with E-state index < -0.39 is 0 Å². The first-order valence-corrected chi connectivity index (χ1v) is 6.20. The normalized spacial score (nSPS) is 12.3. The highest BCUT2D eigenvalue weighted by atomic mass is 16.5. The summed E-state index contributed by atoms with van der Waals surface area (Å²) < 4.78 is 5.41. The van der Waals surface area contributed by atoms with Crippen molar-refractivity contribution in [2.75, 3.05) is 32.1 Å². The molecule has 0 radical (unpaired) electrons. The van der Waals surface area contributed by atoms with Gasteiger partial charge in [0.05, 0.1) is 12.8 Å². The van der Waals surface area contributed by atoms with Crippen LogP contribution in [0.4, 0.5) is 5.69 Å². The standard InChI is InChI=1S/C14H24N2O/c1-5-12-6-7-14(17-4)13(8-12)16(3)10-11(2)9-15/h6-8,11H,5,9-10,15H2,1-4H3. The fourth-order valence-electron chi connectivity index (χ4n) is 1.89. The van der Waals surface area contributed by atoms with E-state index in [4.69, 9.17) is 10.5 Å². The highest BCUT2D eigenvalue weighted by Crippen LogP contribution is 2.29. The zero-order valence-corrected chi connectivity index (χ0v) is 11.4. The smallest absolute Gasteiger partial charge is 0.142 e. The van der Waals surface area contributed by atoms with Gasteiger partial charge in [-0.05, 0) is 36.6 Å². The van der Waals surface area contributed by atoms with Crippen molar-refractivity contribution in [2.24, 2.45) is 11.7 Å². The minimum absolute atomic E-state index is 0.481. The van der Waals surface area contributed by atoms with Gasteiger partial charge in [-0.15, -0.1) is 0 Å². The van der Waals surface area contributed by atoms with Crippen molar-refractivity contribution in [3.63, 3.8) is 0 Å². The summed E-state index contributed by atoms with van der Waals surface area (Å²) in [5, 5.41) is 0. The van der Waals surface area contributed by atoms with E-state index in [0.29, 0.717) is 12.5 Å². The third-order valence-corrected chi connectivity index (χ3v) is 3.05. The van der Waals surface area contributed by atoms with Gasteiger partial charge in [0.2, 0.25) is 0 Å². The molecule has 0 aliphatic rings. The van der Waals surface area contributed by atoms with Crippen molar-refractivity contribution in [2.45, 2.75) is 20.3 Å². The molecule has 1 unspecified atom stereocenters. The maximum atomic E-state index is 5.67. The third-order valence-electron chi connectivity index (χ3n) is 3.05. The molecule has 1 atom stereocenters. The number of hydrogen-bond donors (Lipinski definition) is 1. The summed E-state index contributed by atoms with van der Waals surface area (Å²) in [5.41, 5.74) is 8.14. The minimum Gasteiger partial charge on any atom is -0.495 e. The molecular weight excluding hydrogens is 212 g/mol. The second-order valence-electron chi connectivity index (χ2n) is 4.58. The van der Waals surface area contributed by atoms with Gasteiger partial charge < -0.3 is 15.4 Å². The third kappa shape index (κ3) is 3.63. The van der Waals surface area contributed by atoms with E-state index in [1.165, 1.54) is 5.56 Å². The molecule has 96 valence electrons. The Morgan fingerprint density at radius 3 is 2.65 bits per heavy atom. The highest BCUT2D eigenvalue weighted by molar-refractivity contribution is 5.59. The second kappa shape index (κ2) is 6.50. The van der Waals surface area contributed by atoms with E-state index in [9.17, 15) is 0 Å². The molecule has 1 aromatic rings. The maximum absolute atomic E-state index is 5.67. The predicted octanol–water partition coefficient (Wildman–Crippen LogP) is 2.29. The number of anilines is 1. The highest BCUT2D eigenvalue weighted by Gasteiger charge is 2.11. The molecule has 0 heterocycles. The number of methoxy groups -OCH3 is 1. The Morgan fingerprint density at radius 2 is 2.12 bits per heavy atom. The van der Waals surface area contributed by atoms with Crippen LogP contribution < -0.4 is 15.4 Å². The summed E-state index contributed by atoms with van der Waals surface area (Å²) >= 11 is 0. The van der Waals surface area contributed by atoms with Gasteiger partial charge in [-0.3, -0.25) is 0 Å². The summed E-state index contributed by atoms with van der Waals surface area (Å²) in [5.74, 6) is 1.41. The maximum Gasteiger partial charge on any atom is 0.142 e. The van der Waals surface area contributed by atoms with E-state index in [2.05, 4.69) is 37.9 Å². The van der Waals surface area contributed by atoms with Gasteiger partial charge in [0, 0.05) is 13.6 Å². The van der Waals surface area contributed by atoms with E-state index in [1.807, 2.05) is 6.07 Å². The van der Waals surface area contributed by atoms with Crippen molar-refractivity contribution < 1.29 is 4.74 Å². The van der Waals surface area contributed by atoms with Crippen LogP contribution in [0.2, 0.25) is 0 Å². The van der Waals surface area contributed by atoms with Crippen LogP contribution in [0.5, 0.6) is 5.75 Å². The number of hydrogen-bond acceptors (Lipinski definition) is 3. The van der Waals surface area contributed by atoms with Gasteiger partial charge in [0.25, 0.3) is 0 Å². The lowest BCUT2D eigenvalue weighted by Gasteiger charge is -2.25. The first kappa shape index (κ1) is 13.8. The van der Waals surface area contributed by atoms with Gasteiger partial charge >= 0.3 is 0 Å². The summed E-state index contributed by atoms with van der Waals surface area (Å²) in [6.07, 6.45) is 1.04. The molecule has 1 rings (SSSR count). The molecule has 3 nitrogen and oxygen atoms in total. The molecule has 0 spiro atoms. The molecule has 3 heteroatoms. The molecule has 0 bridgehead atoms. The van der Waals surface area contributed by atoms with Crippen molar-refractivity contribution >= 4 is 5.69 Å². The molecular formula is C14H24N2O. The predicted molar refractivity (Wildman–Crippen MR) is 73.9 cm³/mol. The Labute approximate surface area is 105 Å². The number of benzene rings is 1. The molecule has 0 aliphatic heterocycles. The number of aryl methyl sites for hydroxylation is 1. The van der Waals surface area contributed by atoms with Crippen molar-refractivity contribution in [1.29, 1.82) is 0 Å². The molecule has 0 fully saturated rings. The zero-order chi connectivity index (χ0) is 12.8. The number of ether oxygens (including phenoxy) is 1. The monoisotopic (exact) mass is 236 g/mol. The first-order chi connectivity index (χ1) is 8.12. The Morgan fingerprint density at radius 1 is 1.41 bits per heavy atom. The van der Waals surface area contributed by atoms with Crippen LogP contribution in [0.15, 0.2) is 18.2 Å². The van der Waals surface area contributed by atoms with Gasteiger partial charge in [0.15, 0.2) is 0 Å². The average molecular weight is 236 g/mol. The lowest BCUT2D eigenvalue weighted by molar-refractivity contribution is 0.414. The summed E-state index contributed by atoms with van der Waals surface area (Å²) in [6, 6.07) is 6.35. The summed E-state index contributed by atoms with van der Waals surface area (Å²) in [7, 11) is 3.80. The summed E-state index contributed by atoms with van der Waals surface area (Å²) in [4.78, 5) is 2.22. The average Bonchev–Trinajstić information content (AvgIpc) is 2.37. The van der Waals surface area contributed by atoms with Crippen LogP contribution in [0.25, 0.3) is 0 Å². The fourth-order valence-corrected chi connectivity index (χ4v) is 1.89. The van der Waals surface area contributed by atoms with Crippen LogP contribution in [0.3, 0.4) is 0 Å². The Balaban J connectivity index is 2.92. The van der Waals surface area contributed by atoms with E-state index >= 15 is 0 Å². The van der Waals surface area contributed by atoms with Crippen molar-refractivity contribution in [3.8, 4) is 5.75 Å². The molecule has 0 saturated carbocycles. The molecule has 2 N–H and O–H groups in total. The Bertz CT molecular complexity index is 352. The molecule has 0 amide bonds. The second-order valence-corrected chi connectivity index (χ2v) is 4.58. The zero-order valence-electron chi connectivity index (χ0n) is 11.4. The lowest BCUT2D eigenvalue weighted by atomic mass is 10.1. The van der Waals surface area contributed by atoms with Crippen LogP contribution in [0, 0.1) is 5.92 Å². The molecule has 0 aromatic heterocycles. The summed E-state index contributed by atoms with van der Waals surface area (Å²) in [6.45, 7) is 5.97. The topological polar surface area (TPSA) is 38.5 Å². The number of rotatable bonds is 6. The van der Waals surface area contributed by atoms with Gasteiger partial charge in [0.1, 0.15) is 5.75 Å². The van der Waals surface area contributed by atoms with Gasteiger partial charge in [-0.2, -0.15) is 0 Å². The van der Waals surface area contributed by atoms with Crippen molar-refractivity contribution in [3.05, 3.63) is 23.8 Å². The van der Waals surface area contributed by atoms with Crippen LogP contribution in [-0.4, -0.2) is 27.2 Å². The lowest BCUT2D eigenvalue weighted by Crippen LogP contribution is -2.28. The van der Waals surface area contributed by atoms with Crippen LogP contribution in [0.1, 0.15) is 19.4 Å². The van der Waals surface area contributed by atoms with E-state index in [0.717, 1.165) is 24.4 Å². The Kier molecular flexibility index (Phi) is 5.29. The van der Waals surface area contributed by atoms with Gasteiger partial charge in [-0.25, -0.2) is 0 Å². The molecule has 1 aromatic carbocycles. The van der Waals surface area contributed by atoms with Crippen molar-refractivity contribution in [1.82, 2.24) is 0 Å². The fraction of sp³-hybridized carbons (Fsp3) is 0.571. The number of nitrogens with zero attached hydrogens (tertiary/aromatic N) is 1. The van der Waals surface area contributed by atoms with Gasteiger partial charge in [-0.1, -0.05) is 19.9 Å². The molecule has 0 saturated heterocycles. The largest absolute Gasteiger partial charge is 0.495 e. The van der Waals surface area contributed by atoms with E-state index in [1.54, 1.807) is 7.11 Å². The molecule has 0 aliphatic carbocycles. The Hall–Kier alpha value is -1.22. The van der Waals surface area contributed by atoms with Crippen LogP contribution >= 0.6 is 0 Å². The SMILES string of the molecule is CCc1ccc(OC)c(N(C)CC(C)CN)c1. The van der Waals surface area contributed by atoms with Crippen LogP contribution in [-0.2, 0) is 6.42 Å². The molecule has 17 heavy (non-hydrogen) atoms. The first-order valence-electron chi connectivity index (χ1n) is 6.20. The number of nitrogens with two attached hydrogens (primary N) is 1. The minimum atomic E-state index is 0.481. The quantitative estimate of drug-likeness (QED) is 0.823.